The molecular formula is C8H9ClF3NO. The third-order valence-corrected chi connectivity index (χ3v) is 2.25. The molecular weight excluding hydrogens is 219 g/mol. The Kier molecular flexibility index (Phi) is 3.42. The Morgan fingerprint density at radius 1 is 1.50 bits per heavy atom. The summed E-state index contributed by atoms with van der Waals surface area (Å²) in [6.45, 7) is 0.469. The lowest BCUT2D eigenvalue weighted by molar-refractivity contribution is -0.126. The van der Waals surface area contributed by atoms with Gasteiger partial charge in [-0.3, -0.25) is 4.79 Å². The van der Waals surface area contributed by atoms with E-state index >= 15 is 0 Å². The Bertz CT molecular complexity index is 251. The Labute approximate surface area is 84.3 Å². The van der Waals surface area contributed by atoms with Crippen LogP contribution in [0.25, 0.3) is 0 Å². The van der Waals surface area contributed by atoms with E-state index in [1.165, 1.54) is 4.90 Å². The molecule has 1 aliphatic rings. The molecule has 1 atom stereocenters. The number of carbonyl (C=O) groups is 1. The molecule has 1 fully saturated rings. The van der Waals surface area contributed by atoms with Gasteiger partial charge in [-0.1, -0.05) is 0 Å². The van der Waals surface area contributed by atoms with E-state index in [4.69, 9.17) is 11.6 Å². The Balaban J connectivity index is 2.51. The van der Waals surface area contributed by atoms with E-state index in [1.54, 1.807) is 0 Å². The molecule has 14 heavy (non-hydrogen) atoms. The van der Waals surface area contributed by atoms with Gasteiger partial charge in [0.15, 0.2) is 0 Å². The van der Waals surface area contributed by atoms with Crippen LogP contribution in [0.15, 0.2) is 12.3 Å². The van der Waals surface area contributed by atoms with Gasteiger partial charge >= 0.3 is 6.18 Å². The average molecular weight is 228 g/mol. The maximum Gasteiger partial charge on any atom is 0.408 e. The fourth-order valence-corrected chi connectivity index (χ4v) is 1.18. The average Bonchev–Trinajstić information content (AvgIpc) is 2.45. The van der Waals surface area contributed by atoms with E-state index in [2.05, 4.69) is 0 Å². The first-order chi connectivity index (χ1) is 6.41. The van der Waals surface area contributed by atoms with Crippen LogP contribution in [0.3, 0.4) is 0 Å². The second-order valence-corrected chi connectivity index (χ2v) is 3.45. The molecule has 1 amide bonds. The summed E-state index contributed by atoms with van der Waals surface area (Å²) < 4.78 is 35.8. The number of allylic oxidation sites excluding steroid dienone is 1. The van der Waals surface area contributed by atoms with E-state index in [9.17, 15) is 18.0 Å². The van der Waals surface area contributed by atoms with Gasteiger partial charge in [0, 0.05) is 19.2 Å². The quantitative estimate of drug-likeness (QED) is 0.663. The van der Waals surface area contributed by atoms with Crippen LogP contribution in [0.2, 0.25) is 0 Å². The summed E-state index contributed by atoms with van der Waals surface area (Å²) in [4.78, 5) is 12.2. The van der Waals surface area contributed by atoms with Crippen LogP contribution in [0.4, 0.5) is 13.2 Å². The van der Waals surface area contributed by atoms with E-state index in [1.807, 2.05) is 0 Å². The van der Waals surface area contributed by atoms with Crippen molar-refractivity contribution in [3.63, 3.8) is 0 Å². The van der Waals surface area contributed by atoms with Crippen LogP contribution in [-0.2, 0) is 4.79 Å². The summed E-state index contributed by atoms with van der Waals surface area (Å²) in [6.07, 6.45) is -1.49. The molecule has 2 nitrogen and oxygen atoms in total. The normalized spacial score (nSPS) is 20.9. The summed E-state index contributed by atoms with van der Waals surface area (Å²) in [5.74, 6) is -0.160. The zero-order valence-electron chi connectivity index (χ0n) is 7.22. The highest BCUT2D eigenvalue weighted by Gasteiger charge is 2.36. The van der Waals surface area contributed by atoms with Gasteiger partial charge in [-0.05, 0) is 12.5 Å². The highest BCUT2D eigenvalue weighted by molar-refractivity contribution is 6.22. The summed E-state index contributed by atoms with van der Waals surface area (Å²) in [5, 5.41) is -2.03. The molecule has 1 saturated heterocycles. The van der Waals surface area contributed by atoms with Crippen LogP contribution < -0.4 is 0 Å². The van der Waals surface area contributed by atoms with Crippen molar-refractivity contribution in [2.45, 2.75) is 24.4 Å². The van der Waals surface area contributed by atoms with E-state index < -0.39 is 11.6 Å². The maximum absolute atomic E-state index is 11.9. The minimum absolute atomic E-state index is 0.160. The van der Waals surface area contributed by atoms with Crippen molar-refractivity contribution in [3.8, 4) is 0 Å². The monoisotopic (exact) mass is 227 g/mol. The predicted octanol–water partition coefficient (Wildman–Crippen LogP) is 2.29. The van der Waals surface area contributed by atoms with Gasteiger partial charge in [0.25, 0.3) is 0 Å². The molecule has 0 spiro atoms. The van der Waals surface area contributed by atoms with Crippen molar-refractivity contribution in [1.29, 1.82) is 0 Å². The first-order valence-electron chi connectivity index (χ1n) is 4.10. The fraction of sp³-hybridized carbons (Fsp3) is 0.625. The van der Waals surface area contributed by atoms with Crippen LogP contribution in [-0.4, -0.2) is 28.9 Å². The van der Waals surface area contributed by atoms with Crippen molar-refractivity contribution in [1.82, 2.24) is 4.90 Å². The van der Waals surface area contributed by atoms with Gasteiger partial charge in [0.2, 0.25) is 5.91 Å². The topological polar surface area (TPSA) is 20.3 Å². The molecule has 0 aromatic rings. The fourth-order valence-electron chi connectivity index (χ4n) is 1.12. The molecule has 80 valence electrons. The minimum atomic E-state index is -4.46. The third kappa shape index (κ3) is 2.90. The number of likely N-dealkylation sites (tertiary alicyclic amines) is 1. The number of hydrogen-bond acceptors (Lipinski definition) is 1. The van der Waals surface area contributed by atoms with Crippen molar-refractivity contribution < 1.29 is 18.0 Å². The third-order valence-electron chi connectivity index (χ3n) is 1.86. The van der Waals surface area contributed by atoms with Gasteiger partial charge in [0.05, 0.1) is 0 Å². The lowest BCUT2D eigenvalue weighted by atomic mass is 10.4. The summed E-state index contributed by atoms with van der Waals surface area (Å²) in [7, 11) is 0. The molecule has 0 aromatic carbocycles. The minimum Gasteiger partial charge on any atom is -0.319 e. The lowest BCUT2D eigenvalue weighted by Crippen LogP contribution is -2.23. The molecule has 0 radical (unpaired) electrons. The smallest absolute Gasteiger partial charge is 0.319 e. The standard InChI is InChI=1S/C8H9ClF3NO/c9-6(8(10,11)12)3-5-13-4-1-2-7(13)14/h3,5-6H,1-2,4H2. The molecule has 0 N–H and O–H groups in total. The predicted molar refractivity (Wildman–Crippen MR) is 45.8 cm³/mol. The Morgan fingerprint density at radius 3 is 2.57 bits per heavy atom. The maximum atomic E-state index is 11.9. The zero-order chi connectivity index (χ0) is 10.8. The molecule has 0 aliphatic carbocycles. The van der Waals surface area contributed by atoms with Crippen LogP contribution in [0, 0.1) is 0 Å². The van der Waals surface area contributed by atoms with E-state index in [0.29, 0.717) is 19.4 Å². The first kappa shape index (κ1) is 11.4. The molecule has 0 aromatic heterocycles. The number of amides is 1. The molecule has 1 unspecified atom stereocenters. The van der Waals surface area contributed by atoms with Gasteiger partial charge < -0.3 is 4.90 Å². The van der Waals surface area contributed by atoms with Gasteiger partial charge in [-0.25, -0.2) is 0 Å². The molecule has 0 bridgehead atoms. The van der Waals surface area contributed by atoms with Crippen LogP contribution >= 0.6 is 11.6 Å². The Hall–Kier alpha value is -0.710. The van der Waals surface area contributed by atoms with Crippen LogP contribution in [0.5, 0.6) is 0 Å². The van der Waals surface area contributed by atoms with Gasteiger partial charge in [0.1, 0.15) is 5.38 Å². The van der Waals surface area contributed by atoms with Gasteiger partial charge in [-0.15, -0.1) is 11.6 Å². The molecule has 1 rings (SSSR count). The number of rotatable bonds is 2. The first-order valence-corrected chi connectivity index (χ1v) is 4.53. The number of halogens is 4. The van der Waals surface area contributed by atoms with Crippen molar-refractivity contribution >= 4 is 17.5 Å². The highest BCUT2D eigenvalue weighted by Crippen LogP contribution is 2.26. The van der Waals surface area contributed by atoms with Crippen LogP contribution in [0.1, 0.15) is 12.8 Å². The van der Waals surface area contributed by atoms with E-state index in [0.717, 1.165) is 12.3 Å². The van der Waals surface area contributed by atoms with Gasteiger partial charge in [-0.2, -0.15) is 13.2 Å². The number of carbonyl (C=O) groups excluding carboxylic acids is 1. The largest absolute Gasteiger partial charge is 0.408 e. The zero-order valence-corrected chi connectivity index (χ0v) is 7.98. The summed E-state index contributed by atoms with van der Waals surface area (Å²) in [6, 6.07) is 0. The summed E-state index contributed by atoms with van der Waals surface area (Å²) >= 11 is 5.03. The SMILES string of the molecule is O=C1CCCN1C=CC(Cl)C(F)(F)F. The number of nitrogens with zero attached hydrogens (tertiary/aromatic N) is 1. The second kappa shape index (κ2) is 4.21. The molecule has 6 heteroatoms. The Morgan fingerprint density at radius 2 is 2.14 bits per heavy atom. The van der Waals surface area contributed by atoms with Crippen molar-refractivity contribution in [3.05, 3.63) is 12.3 Å². The summed E-state index contributed by atoms with van der Waals surface area (Å²) in [5.41, 5.74) is 0. The van der Waals surface area contributed by atoms with Crippen molar-refractivity contribution in [2.24, 2.45) is 0 Å². The molecule has 0 saturated carbocycles. The molecule has 1 heterocycles. The second-order valence-electron chi connectivity index (χ2n) is 2.98. The number of hydrogen-bond donors (Lipinski definition) is 0. The lowest BCUT2D eigenvalue weighted by Gasteiger charge is -2.12. The van der Waals surface area contributed by atoms with Crippen molar-refractivity contribution in [2.75, 3.05) is 6.54 Å². The molecule has 1 aliphatic heterocycles. The number of alkyl halides is 4. The highest BCUT2D eigenvalue weighted by atomic mass is 35.5. The van der Waals surface area contributed by atoms with E-state index in [-0.39, 0.29) is 5.91 Å².